The number of nitrogens with one attached hydrogen (secondary N) is 2. The summed E-state index contributed by atoms with van der Waals surface area (Å²) in [5.41, 5.74) is 0.938. The van der Waals surface area contributed by atoms with Crippen LogP contribution in [-0.4, -0.2) is 26.3 Å². The molecule has 24 heavy (non-hydrogen) atoms. The predicted molar refractivity (Wildman–Crippen MR) is 86.6 cm³/mol. The van der Waals surface area contributed by atoms with E-state index in [0.29, 0.717) is 17.6 Å². The van der Waals surface area contributed by atoms with Crippen LogP contribution in [0.15, 0.2) is 36.4 Å². The molecule has 2 N–H and O–H groups in total. The first kappa shape index (κ1) is 17.5. The molecule has 2 aromatic carbocycles. The molecule has 0 aliphatic carbocycles. The average molecular weight is 336 g/mol. The third kappa shape index (κ3) is 4.84. The van der Waals surface area contributed by atoms with Gasteiger partial charge in [0, 0.05) is 6.07 Å². The smallest absolute Gasteiger partial charge is 0.319 e. The third-order valence-corrected chi connectivity index (χ3v) is 3.14. The molecule has 0 spiro atoms. The summed E-state index contributed by atoms with van der Waals surface area (Å²) < 4.78 is 36.9. The minimum atomic E-state index is -0.842. The summed E-state index contributed by atoms with van der Waals surface area (Å²) in [5, 5.41) is 4.81. The van der Waals surface area contributed by atoms with Crippen molar-refractivity contribution >= 4 is 11.7 Å². The average Bonchev–Trinajstić information content (AvgIpc) is 2.55. The number of urea groups is 1. The highest BCUT2D eigenvalue weighted by Gasteiger charge is 2.08. The van der Waals surface area contributed by atoms with E-state index in [9.17, 15) is 13.6 Å². The Balaban J connectivity index is 1.79. The predicted octanol–water partition coefficient (Wildman–Crippen LogP) is 3.48. The summed E-state index contributed by atoms with van der Waals surface area (Å²) in [4.78, 5) is 11.7. The molecule has 2 aromatic rings. The van der Waals surface area contributed by atoms with Gasteiger partial charge in [0.25, 0.3) is 0 Å². The van der Waals surface area contributed by atoms with Crippen LogP contribution in [0.2, 0.25) is 0 Å². The van der Waals surface area contributed by atoms with Gasteiger partial charge in [0.05, 0.1) is 19.3 Å². The molecule has 0 heterocycles. The summed E-state index contributed by atoms with van der Waals surface area (Å²) >= 11 is 0. The zero-order chi connectivity index (χ0) is 17.5. The topological polar surface area (TPSA) is 59.6 Å². The highest BCUT2D eigenvalue weighted by molar-refractivity contribution is 5.89. The Bertz CT molecular complexity index is 723. The lowest BCUT2D eigenvalue weighted by atomic mass is 10.2. The van der Waals surface area contributed by atoms with E-state index in [1.165, 1.54) is 0 Å². The fourth-order valence-electron chi connectivity index (χ4n) is 1.98. The fraction of sp³-hybridized carbons (Fsp3) is 0.235. The summed E-state index contributed by atoms with van der Waals surface area (Å²) in [5.74, 6) is -0.382. The number of carbonyl (C=O) groups excluding carboxylic acids is 1. The Labute approximate surface area is 138 Å². The molecule has 7 heteroatoms. The van der Waals surface area contributed by atoms with Gasteiger partial charge >= 0.3 is 6.03 Å². The molecule has 0 atom stereocenters. The van der Waals surface area contributed by atoms with Crippen LogP contribution in [0.3, 0.4) is 0 Å². The van der Waals surface area contributed by atoms with Crippen LogP contribution in [0.1, 0.15) is 5.56 Å². The monoisotopic (exact) mass is 336 g/mol. The first-order valence-corrected chi connectivity index (χ1v) is 7.27. The molecule has 0 unspecified atom stereocenters. The molecule has 0 saturated heterocycles. The molecule has 128 valence electrons. The van der Waals surface area contributed by atoms with Crippen LogP contribution in [0, 0.1) is 18.6 Å². The Morgan fingerprint density at radius 1 is 1.12 bits per heavy atom. The molecular formula is C17H18F2N2O3. The molecular weight excluding hydrogens is 318 g/mol. The van der Waals surface area contributed by atoms with Crippen molar-refractivity contribution in [2.24, 2.45) is 0 Å². The van der Waals surface area contributed by atoms with Gasteiger partial charge in [-0.2, -0.15) is 0 Å². The molecule has 0 radical (unpaired) electrons. The number of anilines is 1. The largest absolute Gasteiger partial charge is 0.493 e. The van der Waals surface area contributed by atoms with Crippen molar-refractivity contribution < 1.29 is 23.0 Å². The van der Waals surface area contributed by atoms with Crippen molar-refractivity contribution in [1.29, 1.82) is 0 Å². The van der Waals surface area contributed by atoms with Crippen molar-refractivity contribution in [2.75, 3.05) is 25.6 Å². The second kappa shape index (κ2) is 8.14. The molecule has 0 saturated carbocycles. The first-order chi connectivity index (χ1) is 11.5. The second-order valence-corrected chi connectivity index (χ2v) is 5.01. The lowest BCUT2D eigenvalue weighted by Crippen LogP contribution is -2.32. The molecule has 2 amide bonds. The van der Waals surface area contributed by atoms with Crippen molar-refractivity contribution in [3.8, 4) is 11.5 Å². The van der Waals surface area contributed by atoms with E-state index in [0.717, 1.165) is 17.7 Å². The molecule has 0 bridgehead atoms. The van der Waals surface area contributed by atoms with Crippen LogP contribution in [-0.2, 0) is 0 Å². The van der Waals surface area contributed by atoms with Gasteiger partial charge in [0.2, 0.25) is 0 Å². The maximum absolute atomic E-state index is 13.4. The molecule has 2 rings (SSSR count). The summed E-state index contributed by atoms with van der Waals surface area (Å²) in [7, 11) is 1.55. The van der Waals surface area contributed by atoms with Crippen LogP contribution >= 0.6 is 0 Å². The Morgan fingerprint density at radius 2 is 1.92 bits per heavy atom. The van der Waals surface area contributed by atoms with Gasteiger partial charge in [-0.1, -0.05) is 6.07 Å². The minimum Gasteiger partial charge on any atom is -0.493 e. The lowest BCUT2D eigenvalue weighted by Gasteiger charge is -2.12. The second-order valence-electron chi connectivity index (χ2n) is 5.01. The van der Waals surface area contributed by atoms with Gasteiger partial charge < -0.3 is 20.1 Å². The van der Waals surface area contributed by atoms with Crippen molar-refractivity contribution in [1.82, 2.24) is 5.32 Å². The van der Waals surface area contributed by atoms with Gasteiger partial charge in [0.15, 0.2) is 11.5 Å². The summed E-state index contributed by atoms with van der Waals surface area (Å²) in [6, 6.07) is 7.80. The van der Waals surface area contributed by atoms with Crippen LogP contribution < -0.4 is 20.1 Å². The minimum absolute atomic E-state index is 0.102. The number of methoxy groups -OCH3 is 1. The number of benzene rings is 2. The number of carbonyl (C=O) groups is 1. The highest BCUT2D eigenvalue weighted by atomic mass is 19.1. The van der Waals surface area contributed by atoms with Crippen molar-refractivity contribution in [3.63, 3.8) is 0 Å². The normalized spacial score (nSPS) is 10.2. The van der Waals surface area contributed by atoms with E-state index >= 15 is 0 Å². The molecule has 0 fully saturated rings. The number of hydrogen-bond donors (Lipinski definition) is 2. The number of ether oxygens (including phenoxy) is 2. The van der Waals surface area contributed by atoms with Gasteiger partial charge in [-0.25, -0.2) is 13.6 Å². The number of halogens is 2. The molecule has 0 aliphatic rings. The third-order valence-electron chi connectivity index (χ3n) is 3.14. The van der Waals surface area contributed by atoms with E-state index in [1.54, 1.807) is 13.2 Å². The Morgan fingerprint density at radius 3 is 2.62 bits per heavy atom. The van der Waals surface area contributed by atoms with Gasteiger partial charge in [-0.05, 0) is 36.8 Å². The van der Waals surface area contributed by atoms with Gasteiger partial charge in [-0.3, -0.25) is 0 Å². The standard InChI is InChI=1S/C17H18F2N2O3/c1-11-3-6-15(16(9-11)23-2)24-8-7-20-17(22)21-14-5-4-12(18)10-13(14)19/h3-6,9-10H,7-8H2,1-2H3,(H2,20,21,22). The number of hydrogen-bond acceptors (Lipinski definition) is 3. The highest BCUT2D eigenvalue weighted by Crippen LogP contribution is 2.27. The van der Waals surface area contributed by atoms with E-state index in [-0.39, 0.29) is 18.8 Å². The maximum Gasteiger partial charge on any atom is 0.319 e. The summed E-state index contributed by atoms with van der Waals surface area (Å²) in [6.45, 7) is 2.34. The zero-order valence-corrected chi connectivity index (χ0v) is 13.4. The lowest BCUT2D eigenvalue weighted by molar-refractivity contribution is 0.246. The van der Waals surface area contributed by atoms with Crippen LogP contribution in [0.25, 0.3) is 0 Å². The van der Waals surface area contributed by atoms with E-state index in [4.69, 9.17) is 9.47 Å². The number of rotatable bonds is 6. The van der Waals surface area contributed by atoms with E-state index < -0.39 is 17.7 Å². The zero-order valence-electron chi connectivity index (χ0n) is 13.4. The summed E-state index contributed by atoms with van der Waals surface area (Å²) in [6.07, 6.45) is 0. The van der Waals surface area contributed by atoms with Crippen LogP contribution in [0.4, 0.5) is 19.3 Å². The Hall–Kier alpha value is -2.83. The van der Waals surface area contributed by atoms with E-state index in [2.05, 4.69) is 10.6 Å². The molecule has 0 aromatic heterocycles. The van der Waals surface area contributed by atoms with Crippen molar-refractivity contribution in [2.45, 2.75) is 6.92 Å². The number of amides is 2. The van der Waals surface area contributed by atoms with Crippen molar-refractivity contribution in [3.05, 3.63) is 53.6 Å². The molecule has 0 aliphatic heterocycles. The number of aryl methyl sites for hydroxylation is 1. The van der Waals surface area contributed by atoms with Gasteiger partial charge in [-0.15, -0.1) is 0 Å². The van der Waals surface area contributed by atoms with Crippen LogP contribution in [0.5, 0.6) is 11.5 Å². The first-order valence-electron chi connectivity index (χ1n) is 7.27. The fourth-order valence-corrected chi connectivity index (χ4v) is 1.98. The van der Waals surface area contributed by atoms with Gasteiger partial charge in [0.1, 0.15) is 18.2 Å². The maximum atomic E-state index is 13.4. The Kier molecular flexibility index (Phi) is 5.95. The SMILES string of the molecule is COc1cc(C)ccc1OCCNC(=O)Nc1ccc(F)cc1F. The van der Waals surface area contributed by atoms with E-state index in [1.807, 2.05) is 19.1 Å². The quantitative estimate of drug-likeness (QED) is 0.794. The molecule has 5 nitrogen and oxygen atoms in total.